The van der Waals surface area contributed by atoms with Crippen molar-refractivity contribution in [1.29, 1.82) is 0 Å². The van der Waals surface area contributed by atoms with E-state index < -0.39 is 0 Å². The van der Waals surface area contributed by atoms with Crippen LogP contribution in [0.3, 0.4) is 0 Å². The van der Waals surface area contributed by atoms with E-state index in [1.165, 1.54) is 88.3 Å². The lowest BCUT2D eigenvalue weighted by Crippen LogP contribution is -2.15. The standard InChI is InChI=1S/C59H43N/c1-59(2)54-31-15-12-29-52(54)58-51(30-18-32-55(58)59)50-28-14-17-34-57(50)60(56-33-16-13-27-49(56)47-25-9-8-22-44(47)40-19-4-3-5-20-40)43-37-35-41(36-38-43)53-39-42-21-6-7-23-45(42)46-24-10-11-26-48(46)53/h3-39H,1-2H3. The zero-order valence-corrected chi connectivity index (χ0v) is 33.8. The molecule has 0 radical (unpaired) electrons. The maximum atomic E-state index is 2.49. The van der Waals surface area contributed by atoms with E-state index in [0.717, 1.165) is 17.1 Å². The summed E-state index contributed by atoms with van der Waals surface area (Å²) in [4.78, 5) is 2.49. The van der Waals surface area contributed by atoms with E-state index in [9.17, 15) is 0 Å². The summed E-state index contributed by atoms with van der Waals surface area (Å²) in [5.41, 5.74) is 18.2. The molecule has 10 aromatic carbocycles. The van der Waals surface area contributed by atoms with Gasteiger partial charge >= 0.3 is 0 Å². The summed E-state index contributed by atoms with van der Waals surface area (Å²) in [6.07, 6.45) is 0. The highest BCUT2D eigenvalue weighted by atomic mass is 15.1. The van der Waals surface area contributed by atoms with Crippen LogP contribution in [-0.2, 0) is 5.41 Å². The van der Waals surface area contributed by atoms with Gasteiger partial charge in [-0.3, -0.25) is 0 Å². The molecular weight excluding hydrogens is 723 g/mol. The molecule has 0 N–H and O–H groups in total. The molecule has 11 rings (SSSR count). The quantitative estimate of drug-likeness (QED) is 0.146. The van der Waals surface area contributed by atoms with Crippen molar-refractivity contribution >= 4 is 38.6 Å². The van der Waals surface area contributed by atoms with Crippen LogP contribution in [-0.4, -0.2) is 0 Å². The van der Waals surface area contributed by atoms with Gasteiger partial charge in [0.2, 0.25) is 0 Å². The monoisotopic (exact) mass is 765 g/mol. The Morgan fingerprint density at radius 2 is 0.817 bits per heavy atom. The average Bonchev–Trinajstić information content (AvgIpc) is 3.55. The molecular formula is C59H43N. The molecule has 0 aromatic heterocycles. The molecule has 0 atom stereocenters. The third-order valence-corrected chi connectivity index (χ3v) is 12.7. The first-order valence-corrected chi connectivity index (χ1v) is 20.9. The minimum atomic E-state index is -0.104. The molecule has 1 aliphatic carbocycles. The molecule has 0 fully saturated rings. The highest BCUT2D eigenvalue weighted by Crippen LogP contribution is 2.54. The van der Waals surface area contributed by atoms with Crippen molar-refractivity contribution in [1.82, 2.24) is 0 Å². The number of anilines is 3. The van der Waals surface area contributed by atoms with Gasteiger partial charge in [0.05, 0.1) is 11.4 Å². The first-order valence-electron chi connectivity index (χ1n) is 20.9. The summed E-state index contributed by atoms with van der Waals surface area (Å²) < 4.78 is 0. The number of para-hydroxylation sites is 2. The van der Waals surface area contributed by atoms with Gasteiger partial charge in [0.25, 0.3) is 0 Å². The van der Waals surface area contributed by atoms with Gasteiger partial charge in [-0.15, -0.1) is 0 Å². The van der Waals surface area contributed by atoms with Crippen molar-refractivity contribution in [2.24, 2.45) is 0 Å². The Labute approximate surface area is 352 Å². The van der Waals surface area contributed by atoms with Crippen LogP contribution in [0.25, 0.3) is 77.2 Å². The molecule has 0 saturated carbocycles. The van der Waals surface area contributed by atoms with Gasteiger partial charge in [-0.2, -0.15) is 0 Å². The van der Waals surface area contributed by atoms with E-state index in [1.807, 2.05) is 0 Å². The first kappa shape index (κ1) is 35.7. The van der Waals surface area contributed by atoms with Crippen molar-refractivity contribution in [3.8, 4) is 55.6 Å². The van der Waals surface area contributed by atoms with Gasteiger partial charge in [-0.25, -0.2) is 0 Å². The van der Waals surface area contributed by atoms with Crippen molar-refractivity contribution in [2.45, 2.75) is 19.3 Å². The van der Waals surface area contributed by atoms with Crippen LogP contribution >= 0.6 is 0 Å². The highest BCUT2D eigenvalue weighted by molar-refractivity contribution is 6.14. The van der Waals surface area contributed by atoms with E-state index in [2.05, 4.69) is 243 Å². The number of nitrogens with zero attached hydrogens (tertiary/aromatic N) is 1. The molecule has 0 unspecified atom stereocenters. The van der Waals surface area contributed by atoms with Gasteiger partial charge in [-0.05, 0) is 108 Å². The predicted octanol–water partition coefficient (Wildman–Crippen LogP) is 16.4. The molecule has 1 aliphatic rings. The molecule has 0 saturated heterocycles. The van der Waals surface area contributed by atoms with Crippen molar-refractivity contribution in [3.05, 3.63) is 236 Å². The lowest BCUT2D eigenvalue weighted by molar-refractivity contribution is 0.660. The van der Waals surface area contributed by atoms with Gasteiger partial charge in [0.15, 0.2) is 0 Å². The largest absolute Gasteiger partial charge is 0.309 e. The summed E-state index contributed by atoms with van der Waals surface area (Å²) in [6.45, 7) is 4.72. The third kappa shape index (κ3) is 5.77. The Balaban J connectivity index is 1.14. The van der Waals surface area contributed by atoms with Crippen LogP contribution in [0.2, 0.25) is 0 Å². The number of fused-ring (bicyclic) bond motifs is 6. The topological polar surface area (TPSA) is 3.24 Å². The Bertz CT molecular complexity index is 3230. The Morgan fingerprint density at radius 1 is 0.317 bits per heavy atom. The molecule has 0 spiro atoms. The second kappa shape index (κ2) is 14.4. The van der Waals surface area contributed by atoms with Crippen LogP contribution in [0.5, 0.6) is 0 Å². The van der Waals surface area contributed by atoms with E-state index in [1.54, 1.807) is 0 Å². The summed E-state index contributed by atoms with van der Waals surface area (Å²) in [5, 5.41) is 5.06. The molecule has 0 heterocycles. The Hall–Kier alpha value is -7.48. The van der Waals surface area contributed by atoms with Crippen LogP contribution in [0.1, 0.15) is 25.0 Å². The molecule has 10 aromatic rings. The van der Waals surface area contributed by atoms with E-state index in [4.69, 9.17) is 0 Å². The molecule has 0 bridgehead atoms. The second-order valence-electron chi connectivity index (χ2n) is 16.4. The van der Waals surface area contributed by atoms with Gasteiger partial charge in [-0.1, -0.05) is 208 Å². The fraction of sp³-hybridized carbons (Fsp3) is 0.0508. The number of rotatable bonds is 7. The predicted molar refractivity (Wildman–Crippen MR) is 255 cm³/mol. The summed E-state index contributed by atoms with van der Waals surface area (Å²) in [7, 11) is 0. The van der Waals surface area contributed by atoms with E-state index >= 15 is 0 Å². The van der Waals surface area contributed by atoms with Crippen LogP contribution < -0.4 is 4.90 Å². The van der Waals surface area contributed by atoms with Gasteiger partial charge in [0.1, 0.15) is 0 Å². The van der Waals surface area contributed by atoms with Crippen LogP contribution in [0, 0.1) is 0 Å². The zero-order valence-electron chi connectivity index (χ0n) is 33.8. The maximum absolute atomic E-state index is 2.49. The minimum Gasteiger partial charge on any atom is -0.309 e. The number of benzene rings is 10. The normalized spacial score (nSPS) is 12.6. The molecule has 0 amide bonds. The zero-order chi connectivity index (χ0) is 40.2. The van der Waals surface area contributed by atoms with Crippen molar-refractivity contribution in [3.63, 3.8) is 0 Å². The first-order chi connectivity index (χ1) is 29.6. The lowest BCUT2D eigenvalue weighted by Gasteiger charge is -2.31. The molecule has 1 heteroatoms. The molecule has 284 valence electrons. The molecule has 1 nitrogen and oxygen atoms in total. The SMILES string of the molecule is CC1(C)c2ccccc2-c2c(-c3ccccc3N(c3ccc(-c4cc5ccccc5c5ccccc45)cc3)c3ccccc3-c3ccccc3-c3ccccc3)cccc21. The minimum absolute atomic E-state index is 0.104. The average molecular weight is 766 g/mol. The summed E-state index contributed by atoms with van der Waals surface area (Å²) in [5.74, 6) is 0. The highest BCUT2D eigenvalue weighted by Gasteiger charge is 2.37. The fourth-order valence-electron chi connectivity index (χ4n) is 9.85. The fourth-order valence-corrected chi connectivity index (χ4v) is 9.85. The Kier molecular flexibility index (Phi) is 8.57. The molecule has 60 heavy (non-hydrogen) atoms. The summed E-state index contributed by atoms with van der Waals surface area (Å²) in [6, 6.07) is 82.4. The van der Waals surface area contributed by atoms with Crippen LogP contribution in [0.15, 0.2) is 224 Å². The lowest BCUT2D eigenvalue weighted by atomic mass is 9.82. The number of hydrogen-bond donors (Lipinski definition) is 0. The van der Waals surface area contributed by atoms with E-state index in [-0.39, 0.29) is 5.41 Å². The van der Waals surface area contributed by atoms with Crippen LogP contribution in [0.4, 0.5) is 17.1 Å². The van der Waals surface area contributed by atoms with Crippen molar-refractivity contribution < 1.29 is 0 Å². The van der Waals surface area contributed by atoms with Crippen molar-refractivity contribution in [2.75, 3.05) is 4.90 Å². The van der Waals surface area contributed by atoms with Gasteiger partial charge in [0, 0.05) is 22.2 Å². The summed E-state index contributed by atoms with van der Waals surface area (Å²) >= 11 is 0. The van der Waals surface area contributed by atoms with Gasteiger partial charge < -0.3 is 4.90 Å². The molecule has 0 aliphatic heterocycles. The number of hydrogen-bond acceptors (Lipinski definition) is 1. The smallest absolute Gasteiger partial charge is 0.0540 e. The van der Waals surface area contributed by atoms with E-state index in [0.29, 0.717) is 0 Å². The second-order valence-corrected chi connectivity index (χ2v) is 16.4. The Morgan fingerprint density at radius 3 is 1.55 bits per heavy atom. The third-order valence-electron chi connectivity index (χ3n) is 12.7. The maximum Gasteiger partial charge on any atom is 0.0540 e.